The fraction of sp³-hybridized carbons (Fsp3) is 0.333. The molecular formula is C21H22ClNO3. The Hall–Kier alpha value is -2.17. The van der Waals surface area contributed by atoms with Crippen LogP contribution in [-0.2, 0) is 14.3 Å². The van der Waals surface area contributed by atoms with Crippen LogP contribution in [-0.4, -0.2) is 30.9 Å². The van der Waals surface area contributed by atoms with Gasteiger partial charge in [-0.1, -0.05) is 35.9 Å². The fourth-order valence-electron chi connectivity index (χ4n) is 3.39. The van der Waals surface area contributed by atoms with E-state index in [-0.39, 0.29) is 11.7 Å². The van der Waals surface area contributed by atoms with Crippen LogP contribution in [0.25, 0.3) is 11.1 Å². The second kappa shape index (κ2) is 7.22. The number of hydrogen-bond donors (Lipinski definition) is 1. The minimum atomic E-state index is -0.888. The number of amides is 1. The van der Waals surface area contributed by atoms with Gasteiger partial charge in [0.1, 0.15) is 5.92 Å². The number of methoxy groups -OCH3 is 1. The topological polar surface area (TPSA) is 55.4 Å². The predicted octanol–water partition coefficient (Wildman–Crippen LogP) is 3.89. The lowest BCUT2D eigenvalue weighted by atomic mass is 9.84. The number of nitrogens with one attached hydrogen (secondary N) is 1. The molecule has 0 radical (unpaired) electrons. The van der Waals surface area contributed by atoms with Crippen LogP contribution in [0.4, 0.5) is 0 Å². The van der Waals surface area contributed by atoms with E-state index in [1.165, 1.54) is 0 Å². The summed E-state index contributed by atoms with van der Waals surface area (Å²) >= 11 is 5.96. The quantitative estimate of drug-likeness (QED) is 0.811. The number of carbonyl (C=O) groups excluding carboxylic acids is 2. The van der Waals surface area contributed by atoms with Gasteiger partial charge in [-0.15, -0.1) is 0 Å². The molecule has 136 valence electrons. The molecule has 4 nitrogen and oxygen atoms in total. The molecule has 0 saturated carbocycles. The van der Waals surface area contributed by atoms with Crippen LogP contribution in [0.1, 0.15) is 30.4 Å². The Bertz CT molecular complexity index is 847. The Balaban J connectivity index is 1.98. The van der Waals surface area contributed by atoms with Crippen molar-refractivity contribution in [1.29, 1.82) is 0 Å². The molecule has 0 aromatic heterocycles. The van der Waals surface area contributed by atoms with Gasteiger partial charge in [-0.05, 0) is 54.3 Å². The van der Waals surface area contributed by atoms with Crippen LogP contribution >= 0.6 is 11.6 Å². The maximum Gasteiger partial charge on any atom is 0.235 e. The number of rotatable bonds is 5. The smallest absolute Gasteiger partial charge is 0.235 e. The summed E-state index contributed by atoms with van der Waals surface area (Å²) in [5.74, 6) is -1.13. The highest BCUT2D eigenvalue weighted by Crippen LogP contribution is 2.35. The van der Waals surface area contributed by atoms with E-state index < -0.39 is 11.5 Å². The molecule has 5 heteroatoms. The number of halogens is 1. The highest BCUT2D eigenvalue weighted by molar-refractivity contribution is 6.30. The van der Waals surface area contributed by atoms with Gasteiger partial charge in [-0.25, -0.2) is 0 Å². The Kier molecular flexibility index (Phi) is 5.17. The van der Waals surface area contributed by atoms with E-state index in [1.807, 2.05) is 49.4 Å². The summed E-state index contributed by atoms with van der Waals surface area (Å²) in [6, 6.07) is 13.4. The zero-order chi connectivity index (χ0) is 18.9. The number of aryl methyl sites for hydroxylation is 1. The van der Waals surface area contributed by atoms with Gasteiger partial charge in [0.05, 0.1) is 5.54 Å². The number of benzene rings is 2. The number of ketones is 1. The lowest BCUT2D eigenvalue weighted by Gasteiger charge is -2.22. The monoisotopic (exact) mass is 371 g/mol. The van der Waals surface area contributed by atoms with Crippen molar-refractivity contribution in [1.82, 2.24) is 5.32 Å². The van der Waals surface area contributed by atoms with E-state index in [9.17, 15) is 9.59 Å². The summed E-state index contributed by atoms with van der Waals surface area (Å²) in [6.45, 7) is 4.11. The fourth-order valence-corrected chi connectivity index (χ4v) is 3.52. The van der Waals surface area contributed by atoms with Crippen LogP contribution in [0.15, 0.2) is 42.5 Å². The minimum Gasteiger partial charge on any atom is -0.385 e. The molecular weight excluding hydrogens is 350 g/mol. The van der Waals surface area contributed by atoms with Crippen molar-refractivity contribution in [2.75, 3.05) is 13.7 Å². The zero-order valence-corrected chi connectivity index (χ0v) is 15.9. The summed E-state index contributed by atoms with van der Waals surface area (Å²) in [7, 11) is 1.59. The molecule has 2 aromatic rings. The van der Waals surface area contributed by atoms with Crippen molar-refractivity contribution >= 4 is 23.3 Å². The standard InChI is InChI=1S/C21H22ClNO3/c1-13-4-5-15(14-6-8-16(22)9-7-14)12-17(13)18-19(24)21(2,10-11-26-3)23-20(18)25/h4-9,12,18H,10-11H2,1-3H3,(H,23,25). The van der Waals surface area contributed by atoms with E-state index in [4.69, 9.17) is 16.3 Å². The van der Waals surface area contributed by atoms with Crippen LogP contribution in [0, 0.1) is 6.92 Å². The van der Waals surface area contributed by atoms with E-state index in [1.54, 1.807) is 14.0 Å². The van der Waals surface area contributed by atoms with Crippen molar-refractivity contribution in [3.8, 4) is 11.1 Å². The predicted molar refractivity (Wildman–Crippen MR) is 102 cm³/mol. The van der Waals surface area contributed by atoms with Gasteiger partial charge in [-0.3, -0.25) is 9.59 Å². The number of Topliss-reactive ketones (excluding diaryl/α,β-unsaturated/α-hetero) is 1. The van der Waals surface area contributed by atoms with Gasteiger partial charge in [-0.2, -0.15) is 0 Å². The summed E-state index contributed by atoms with van der Waals surface area (Å²) in [5, 5.41) is 3.54. The molecule has 26 heavy (non-hydrogen) atoms. The Morgan fingerprint density at radius 1 is 1.12 bits per heavy atom. The second-order valence-corrected chi connectivity index (χ2v) is 7.38. The highest BCUT2D eigenvalue weighted by atomic mass is 35.5. The first kappa shape index (κ1) is 18.6. The van der Waals surface area contributed by atoms with Crippen molar-refractivity contribution in [3.63, 3.8) is 0 Å². The molecule has 1 aliphatic heterocycles. The van der Waals surface area contributed by atoms with E-state index >= 15 is 0 Å². The van der Waals surface area contributed by atoms with Gasteiger partial charge < -0.3 is 10.1 Å². The van der Waals surface area contributed by atoms with Crippen LogP contribution in [0.2, 0.25) is 5.02 Å². The van der Waals surface area contributed by atoms with E-state index in [0.717, 1.165) is 22.3 Å². The lowest BCUT2D eigenvalue weighted by Crippen LogP contribution is -2.44. The Morgan fingerprint density at radius 3 is 2.42 bits per heavy atom. The summed E-state index contributed by atoms with van der Waals surface area (Å²) in [5.41, 5.74) is 2.73. The average molecular weight is 372 g/mol. The first-order valence-corrected chi connectivity index (χ1v) is 8.95. The minimum absolute atomic E-state index is 0.101. The normalized spacial score (nSPS) is 22.5. The van der Waals surface area contributed by atoms with Crippen LogP contribution < -0.4 is 5.32 Å². The molecule has 1 fully saturated rings. The lowest BCUT2D eigenvalue weighted by molar-refractivity contribution is -0.125. The molecule has 2 aromatic carbocycles. The highest BCUT2D eigenvalue weighted by Gasteiger charge is 2.50. The molecule has 1 saturated heterocycles. The maximum absolute atomic E-state index is 13.0. The number of hydrogen-bond acceptors (Lipinski definition) is 3. The van der Waals surface area contributed by atoms with Crippen LogP contribution in [0.3, 0.4) is 0 Å². The zero-order valence-electron chi connectivity index (χ0n) is 15.1. The van der Waals surface area contributed by atoms with Gasteiger partial charge in [0, 0.05) is 25.2 Å². The summed E-state index contributed by atoms with van der Waals surface area (Å²) < 4.78 is 5.09. The first-order chi connectivity index (χ1) is 12.4. The van der Waals surface area contributed by atoms with Crippen molar-refractivity contribution < 1.29 is 14.3 Å². The van der Waals surface area contributed by atoms with Gasteiger partial charge >= 0.3 is 0 Å². The van der Waals surface area contributed by atoms with Gasteiger partial charge in [0.2, 0.25) is 5.91 Å². The molecule has 0 bridgehead atoms. The Labute approximate surface area is 158 Å². The first-order valence-electron chi connectivity index (χ1n) is 8.57. The Morgan fingerprint density at radius 2 is 1.77 bits per heavy atom. The molecule has 1 amide bonds. The van der Waals surface area contributed by atoms with Crippen molar-refractivity contribution in [2.45, 2.75) is 31.7 Å². The van der Waals surface area contributed by atoms with Gasteiger partial charge in [0.25, 0.3) is 0 Å². The van der Waals surface area contributed by atoms with E-state index in [0.29, 0.717) is 18.1 Å². The maximum atomic E-state index is 13.0. The average Bonchev–Trinajstić information content (AvgIpc) is 2.84. The largest absolute Gasteiger partial charge is 0.385 e. The molecule has 2 unspecified atom stereocenters. The van der Waals surface area contributed by atoms with Crippen molar-refractivity contribution in [3.05, 3.63) is 58.6 Å². The van der Waals surface area contributed by atoms with E-state index in [2.05, 4.69) is 5.32 Å². The molecule has 3 rings (SSSR count). The molecule has 0 aliphatic carbocycles. The second-order valence-electron chi connectivity index (χ2n) is 6.94. The summed E-state index contributed by atoms with van der Waals surface area (Å²) in [4.78, 5) is 25.7. The number of carbonyl (C=O) groups is 2. The molecule has 2 atom stereocenters. The molecule has 1 aliphatic rings. The van der Waals surface area contributed by atoms with Crippen molar-refractivity contribution in [2.24, 2.45) is 0 Å². The van der Waals surface area contributed by atoms with Gasteiger partial charge in [0.15, 0.2) is 5.78 Å². The molecule has 0 spiro atoms. The van der Waals surface area contributed by atoms with Crippen LogP contribution in [0.5, 0.6) is 0 Å². The SMILES string of the molecule is COCCC1(C)NC(=O)C(c2cc(-c3ccc(Cl)cc3)ccc2C)C1=O. The third kappa shape index (κ3) is 3.39. The summed E-state index contributed by atoms with van der Waals surface area (Å²) in [6.07, 6.45) is 0.459. The third-order valence-electron chi connectivity index (χ3n) is 5.04. The molecule has 1 N–H and O–H groups in total. The number of ether oxygens (including phenoxy) is 1. The molecule has 1 heterocycles. The third-order valence-corrected chi connectivity index (χ3v) is 5.29.